The molecule has 0 saturated heterocycles. The first kappa shape index (κ1) is 24.0. The smallest absolute Gasteiger partial charge is 0.0516 e. The Balaban J connectivity index is -0.000000579. The summed E-state index contributed by atoms with van der Waals surface area (Å²) in [5.74, 6) is 0. The molecule has 0 aromatic heterocycles. The maximum absolute atomic E-state index is 2.54. The molecule has 0 radical (unpaired) electrons. The summed E-state index contributed by atoms with van der Waals surface area (Å²) >= 11 is 0. The SMILES string of the molecule is CC.CC.CC(C)N(CN(C(C)C)C(C)C)C(C)C. The van der Waals surface area contributed by atoms with E-state index >= 15 is 0 Å². The van der Waals surface area contributed by atoms with Crippen molar-refractivity contribution < 1.29 is 0 Å². The maximum atomic E-state index is 2.54. The highest BCUT2D eigenvalue weighted by atomic mass is 15.3. The molecule has 0 aromatic rings. The lowest BCUT2D eigenvalue weighted by Gasteiger charge is -2.39. The highest BCUT2D eigenvalue weighted by molar-refractivity contribution is 4.72. The van der Waals surface area contributed by atoms with Crippen molar-refractivity contribution in [1.29, 1.82) is 0 Å². The summed E-state index contributed by atoms with van der Waals surface area (Å²) in [7, 11) is 0. The van der Waals surface area contributed by atoms with Crippen molar-refractivity contribution in [3.63, 3.8) is 0 Å². The molecule has 0 heterocycles. The van der Waals surface area contributed by atoms with Gasteiger partial charge in [-0.3, -0.25) is 9.80 Å². The monoisotopic (exact) mass is 274 g/mol. The molecule has 0 atom stereocenters. The Morgan fingerprint density at radius 3 is 0.737 bits per heavy atom. The molecule has 0 aliphatic carbocycles. The topological polar surface area (TPSA) is 6.48 Å². The van der Waals surface area contributed by atoms with Gasteiger partial charge < -0.3 is 0 Å². The summed E-state index contributed by atoms with van der Waals surface area (Å²) in [6.07, 6.45) is 0. The average Bonchev–Trinajstić information content (AvgIpc) is 2.32. The molecule has 2 nitrogen and oxygen atoms in total. The number of hydrogen-bond acceptors (Lipinski definition) is 2. The van der Waals surface area contributed by atoms with Crippen LogP contribution in [0.15, 0.2) is 0 Å². The molecule has 19 heavy (non-hydrogen) atoms. The van der Waals surface area contributed by atoms with Crippen LogP contribution in [0.5, 0.6) is 0 Å². The molecule has 0 rings (SSSR count). The van der Waals surface area contributed by atoms with Gasteiger partial charge in [0.1, 0.15) is 0 Å². The van der Waals surface area contributed by atoms with Crippen LogP contribution >= 0.6 is 0 Å². The second kappa shape index (κ2) is 14.3. The normalized spacial score (nSPS) is 11.1. The van der Waals surface area contributed by atoms with Gasteiger partial charge >= 0.3 is 0 Å². The van der Waals surface area contributed by atoms with Gasteiger partial charge in [0.25, 0.3) is 0 Å². The van der Waals surface area contributed by atoms with E-state index in [1.807, 2.05) is 27.7 Å². The first-order valence-corrected chi connectivity index (χ1v) is 8.28. The molecule has 0 unspecified atom stereocenters. The van der Waals surface area contributed by atoms with Gasteiger partial charge in [0.05, 0.1) is 6.67 Å². The zero-order valence-electron chi connectivity index (χ0n) is 15.9. The van der Waals surface area contributed by atoms with E-state index in [1.54, 1.807) is 0 Å². The minimum Gasteiger partial charge on any atom is -0.286 e. The molecule has 0 saturated carbocycles. The van der Waals surface area contributed by atoms with Crippen LogP contribution < -0.4 is 0 Å². The van der Waals surface area contributed by atoms with Crippen LogP contribution in [0.1, 0.15) is 83.1 Å². The average molecular weight is 275 g/mol. The van der Waals surface area contributed by atoms with Crippen LogP contribution in [0.2, 0.25) is 0 Å². The van der Waals surface area contributed by atoms with Crippen LogP contribution in [0.4, 0.5) is 0 Å². The standard InChI is InChI=1S/C13H30N2.2C2H6/c1-10(2)14(11(3)4)9-15(12(5)6)13(7)8;2*1-2/h10-13H,9H2,1-8H3;2*1-2H3. The van der Waals surface area contributed by atoms with Crippen molar-refractivity contribution in [1.82, 2.24) is 9.80 Å². The lowest BCUT2D eigenvalue weighted by atomic mass is 10.2. The van der Waals surface area contributed by atoms with Crippen molar-refractivity contribution >= 4 is 0 Å². The highest BCUT2D eigenvalue weighted by Gasteiger charge is 2.20. The summed E-state index contributed by atoms with van der Waals surface area (Å²) in [6, 6.07) is 2.46. The Morgan fingerprint density at radius 1 is 0.474 bits per heavy atom. The van der Waals surface area contributed by atoms with Gasteiger partial charge in [0.15, 0.2) is 0 Å². The molecule has 0 aliphatic heterocycles. The molecule has 0 aliphatic rings. The first-order valence-electron chi connectivity index (χ1n) is 8.28. The van der Waals surface area contributed by atoms with Crippen LogP contribution in [0.3, 0.4) is 0 Å². The van der Waals surface area contributed by atoms with Crippen LogP contribution in [-0.4, -0.2) is 40.6 Å². The predicted molar refractivity (Wildman–Crippen MR) is 91.8 cm³/mol. The Labute approximate surface area is 124 Å². The van der Waals surface area contributed by atoms with Crippen LogP contribution in [-0.2, 0) is 0 Å². The van der Waals surface area contributed by atoms with E-state index in [0.717, 1.165) is 6.67 Å². The summed E-state index contributed by atoms with van der Waals surface area (Å²) < 4.78 is 0. The van der Waals surface area contributed by atoms with Gasteiger partial charge in [0.2, 0.25) is 0 Å². The van der Waals surface area contributed by atoms with Gasteiger partial charge in [-0.05, 0) is 55.4 Å². The van der Waals surface area contributed by atoms with Crippen molar-refractivity contribution in [3.8, 4) is 0 Å². The van der Waals surface area contributed by atoms with Gasteiger partial charge in [0, 0.05) is 24.2 Å². The third kappa shape index (κ3) is 11.4. The zero-order valence-corrected chi connectivity index (χ0v) is 15.9. The van der Waals surface area contributed by atoms with E-state index in [2.05, 4.69) is 65.2 Å². The minimum atomic E-state index is 0.616. The number of hydrogen-bond donors (Lipinski definition) is 0. The first-order chi connectivity index (χ1) is 8.77. The summed E-state index contributed by atoms with van der Waals surface area (Å²) in [6.45, 7) is 27.3. The fraction of sp³-hybridized carbons (Fsp3) is 1.00. The van der Waals surface area contributed by atoms with E-state index in [-0.39, 0.29) is 0 Å². The van der Waals surface area contributed by atoms with E-state index in [4.69, 9.17) is 0 Å². The number of rotatable bonds is 6. The van der Waals surface area contributed by atoms with E-state index < -0.39 is 0 Å². The molecule has 0 aromatic carbocycles. The second-order valence-corrected chi connectivity index (χ2v) is 5.54. The van der Waals surface area contributed by atoms with Crippen molar-refractivity contribution in [2.24, 2.45) is 0 Å². The quantitative estimate of drug-likeness (QED) is 0.612. The molecule has 0 spiro atoms. The van der Waals surface area contributed by atoms with Gasteiger partial charge in [-0.15, -0.1) is 0 Å². The van der Waals surface area contributed by atoms with Crippen LogP contribution in [0.25, 0.3) is 0 Å². The number of nitrogens with zero attached hydrogens (tertiary/aromatic N) is 2. The Morgan fingerprint density at radius 2 is 0.632 bits per heavy atom. The Hall–Kier alpha value is -0.0800. The summed E-state index contributed by atoms with van der Waals surface area (Å²) in [4.78, 5) is 5.08. The molecule has 120 valence electrons. The molecule has 0 amide bonds. The summed E-state index contributed by atoms with van der Waals surface area (Å²) in [5.41, 5.74) is 0. The summed E-state index contributed by atoms with van der Waals surface area (Å²) in [5, 5.41) is 0. The third-order valence-corrected chi connectivity index (χ3v) is 2.98. The minimum absolute atomic E-state index is 0.616. The lowest BCUT2D eigenvalue weighted by Crippen LogP contribution is -2.49. The fourth-order valence-corrected chi connectivity index (χ4v) is 2.03. The van der Waals surface area contributed by atoms with Crippen molar-refractivity contribution in [2.75, 3.05) is 6.67 Å². The fourth-order valence-electron chi connectivity index (χ4n) is 2.03. The molecular weight excluding hydrogens is 232 g/mol. The van der Waals surface area contributed by atoms with Crippen LogP contribution in [0, 0.1) is 0 Å². The second-order valence-electron chi connectivity index (χ2n) is 5.54. The largest absolute Gasteiger partial charge is 0.286 e. The molecule has 0 fully saturated rings. The van der Waals surface area contributed by atoms with Gasteiger partial charge in [-0.1, -0.05) is 27.7 Å². The Kier molecular flexibility index (Phi) is 18.1. The van der Waals surface area contributed by atoms with E-state index in [0.29, 0.717) is 24.2 Å². The highest BCUT2D eigenvalue weighted by Crippen LogP contribution is 2.11. The maximum Gasteiger partial charge on any atom is 0.0516 e. The lowest BCUT2D eigenvalue weighted by molar-refractivity contribution is 0.0401. The molecular formula is C17H42N2. The van der Waals surface area contributed by atoms with E-state index in [1.165, 1.54) is 0 Å². The molecule has 0 N–H and O–H groups in total. The Bertz CT molecular complexity index is 129. The third-order valence-electron chi connectivity index (χ3n) is 2.98. The molecule has 2 heteroatoms. The van der Waals surface area contributed by atoms with E-state index in [9.17, 15) is 0 Å². The van der Waals surface area contributed by atoms with Gasteiger partial charge in [-0.25, -0.2) is 0 Å². The van der Waals surface area contributed by atoms with Gasteiger partial charge in [-0.2, -0.15) is 0 Å². The van der Waals surface area contributed by atoms with Crippen molar-refractivity contribution in [2.45, 2.75) is 107 Å². The van der Waals surface area contributed by atoms with Crippen molar-refractivity contribution in [3.05, 3.63) is 0 Å². The molecule has 0 bridgehead atoms. The predicted octanol–water partition coefficient (Wildman–Crippen LogP) is 5.23. The zero-order chi connectivity index (χ0) is 16.2.